The fraction of sp³-hybridized carbons (Fsp3) is 0. The Labute approximate surface area is 185 Å². The van der Waals surface area contributed by atoms with Crippen LogP contribution in [-0.4, -0.2) is 30.8 Å². The summed E-state index contributed by atoms with van der Waals surface area (Å²) >= 11 is 0. The number of nitrogens with one attached hydrogen (secondary N) is 2. The molecule has 2 aromatic carbocycles. The summed E-state index contributed by atoms with van der Waals surface area (Å²) in [5.41, 5.74) is 3.19. The van der Waals surface area contributed by atoms with Crippen molar-refractivity contribution in [3.8, 4) is 22.8 Å². The van der Waals surface area contributed by atoms with E-state index in [0.717, 1.165) is 17.7 Å². The van der Waals surface area contributed by atoms with Gasteiger partial charge in [-0.15, -0.1) is 10.2 Å². The van der Waals surface area contributed by atoms with Crippen molar-refractivity contribution >= 4 is 23.1 Å². The fourth-order valence-corrected chi connectivity index (χ4v) is 3.22. The first kappa shape index (κ1) is 20.2. The van der Waals surface area contributed by atoms with Gasteiger partial charge in [0.1, 0.15) is 5.69 Å². The molecule has 2 amide bonds. The Morgan fingerprint density at radius 2 is 1.64 bits per heavy atom. The van der Waals surface area contributed by atoms with E-state index in [9.17, 15) is 13.6 Å². The molecule has 3 heterocycles. The number of fused-ring (bicyclic) bond motifs is 1. The number of carbonyl (C=O) groups excluding carboxylic acids is 1. The number of rotatable bonds is 4. The van der Waals surface area contributed by atoms with Gasteiger partial charge in [-0.1, -0.05) is 18.2 Å². The molecule has 162 valence electrons. The van der Waals surface area contributed by atoms with Crippen LogP contribution in [0, 0.1) is 11.6 Å². The number of hydrogen-bond acceptors (Lipinski definition) is 5. The quantitative estimate of drug-likeness (QED) is 0.417. The molecular weight excluding hydrogens is 428 g/mol. The largest absolute Gasteiger partial charge is 0.323 e. The SMILES string of the molecule is O=C(Nc1cccc(-c2ccc3nnc(-c4ccccn4)n3n2)c1)Nc1ccc(F)c(F)c1. The van der Waals surface area contributed by atoms with Crippen molar-refractivity contribution in [1.29, 1.82) is 0 Å². The Hall–Kier alpha value is -4.73. The molecule has 0 spiro atoms. The molecule has 5 aromatic rings. The summed E-state index contributed by atoms with van der Waals surface area (Å²) in [5, 5.41) is 18.1. The first-order valence-corrected chi connectivity index (χ1v) is 9.84. The lowest BCUT2D eigenvalue weighted by molar-refractivity contribution is 0.262. The molecule has 2 N–H and O–H groups in total. The lowest BCUT2D eigenvalue weighted by Crippen LogP contribution is -2.19. The predicted molar refractivity (Wildman–Crippen MR) is 118 cm³/mol. The van der Waals surface area contributed by atoms with Gasteiger partial charge in [-0.3, -0.25) is 4.98 Å². The summed E-state index contributed by atoms with van der Waals surface area (Å²) in [6, 6.07) is 18.6. The van der Waals surface area contributed by atoms with Crippen LogP contribution in [0.5, 0.6) is 0 Å². The third kappa shape index (κ3) is 4.22. The monoisotopic (exact) mass is 443 g/mol. The van der Waals surface area contributed by atoms with E-state index in [4.69, 9.17) is 0 Å². The summed E-state index contributed by atoms with van der Waals surface area (Å²) in [6.45, 7) is 0. The standard InChI is InChI=1S/C23H15F2N7O/c24-17-8-7-16(13-18(17)25)28-23(33)27-15-5-3-4-14(12-15)19-9-10-21-29-30-22(32(21)31-19)20-6-1-2-11-26-20/h1-13H,(H2,27,28,33). The van der Waals surface area contributed by atoms with E-state index in [0.29, 0.717) is 28.5 Å². The zero-order valence-electron chi connectivity index (χ0n) is 16.9. The molecule has 8 nitrogen and oxygen atoms in total. The molecule has 3 aromatic heterocycles. The third-order valence-electron chi connectivity index (χ3n) is 4.75. The van der Waals surface area contributed by atoms with E-state index in [-0.39, 0.29) is 5.69 Å². The minimum Gasteiger partial charge on any atom is -0.308 e. The van der Waals surface area contributed by atoms with Gasteiger partial charge in [-0.25, -0.2) is 13.6 Å². The molecule has 0 atom stereocenters. The number of anilines is 2. The summed E-state index contributed by atoms with van der Waals surface area (Å²) in [6.07, 6.45) is 1.67. The number of hydrogen-bond donors (Lipinski definition) is 2. The van der Waals surface area contributed by atoms with E-state index in [1.54, 1.807) is 41.0 Å². The first-order valence-electron chi connectivity index (χ1n) is 9.84. The van der Waals surface area contributed by atoms with Gasteiger partial charge in [0.15, 0.2) is 17.3 Å². The molecule has 0 saturated heterocycles. The maximum atomic E-state index is 13.4. The molecule has 0 fully saturated rings. The van der Waals surface area contributed by atoms with Gasteiger partial charge in [0.25, 0.3) is 0 Å². The highest BCUT2D eigenvalue weighted by atomic mass is 19.2. The Bertz CT molecular complexity index is 1470. The highest BCUT2D eigenvalue weighted by Gasteiger charge is 2.12. The van der Waals surface area contributed by atoms with Crippen molar-refractivity contribution in [2.45, 2.75) is 0 Å². The minimum absolute atomic E-state index is 0.129. The molecule has 10 heteroatoms. The average molecular weight is 443 g/mol. The second-order valence-electron chi connectivity index (χ2n) is 7.02. The molecule has 0 unspecified atom stereocenters. The minimum atomic E-state index is -1.05. The Morgan fingerprint density at radius 1 is 0.788 bits per heavy atom. The Morgan fingerprint density at radius 3 is 2.42 bits per heavy atom. The van der Waals surface area contributed by atoms with Gasteiger partial charge in [0, 0.05) is 29.2 Å². The number of benzene rings is 2. The number of aromatic nitrogens is 5. The van der Waals surface area contributed by atoms with Crippen LogP contribution in [0.2, 0.25) is 0 Å². The molecule has 33 heavy (non-hydrogen) atoms. The fourth-order valence-electron chi connectivity index (χ4n) is 3.22. The van der Waals surface area contributed by atoms with Crippen LogP contribution >= 0.6 is 0 Å². The van der Waals surface area contributed by atoms with Crippen molar-refractivity contribution in [2.24, 2.45) is 0 Å². The molecule has 0 aliphatic rings. The van der Waals surface area contributed by atoms with E-state index >= 15 is 0 Å². The first-order chi connectivity index (χ1) is 16.1. The van der Waals surface area contributed by atoms with Gasteiger partial charge in [0.2, 0.25) is 5.82 Å². The topological polar surface area (TPSA) is 97.1 Å². The van der Waals surface area contributed by atoms with Gasteiger partial charge in [-0.05, 0) is 48.5 Å². The summed E-state index contributed by atoms with van der Waals surface area (Å²) in [5.74, 6) is -1.53. The lowest BCUT2D eigenvalue weighted by Gasteiger charge is -2.09. The van der Waals surface area contributed by atoms with Gasteiger partial charge in [0.05, 0.1) is 5.69 Å². The Balaban J connectivity index is 1.39. The number of carbonyl (C=O) groups is 1. The third-order valence-corrected chi connectivity index (χ3v) is 4.75. The molecule has 0 aliphatic carbocycles. The van der Waals surface area contributed by atoms with Crippen LogP contribution in [-0.2, 0) is 0 Å². The molecule has 0 saturated carbocycles. The van der Waals surface area contributed by atoms with Gasteiger partial charge >= 0.3 is 6.03 Å². The van der Waals surface area contributed by atoms with Crippen LogP contribution < -0.4 is 10.6 Å². The molecular formula is C23H15F2N7O. The smallest absolute Gasteiger partial charge is 0.308 e. The number of amides is 2. The van der Waals surface area contributed by atoms with Crippen LogP contribution in [0.4, 0.5) is 25.0 Å². The van der Waals surface area contributed by atoms with E-state index < -0.39 is 17.7 Å². The molecule has 0 aliphatic heterocycles. The second-order valence-corrected chi connectivity index (χ2v) is 7.02. The second kappa shape index (κ2) is 8.42. The van der Waals surface area contributed by atoms with Gasteiger partial charge < -0.3 is 10.6 Å². The highest BCUT2D eigenvalue weighted by Crippen LogP contribution is 2.23. The van der Waals surface area contributed by atoms with E-state index in [2.05, 4.69) is 30.9 Å². The maximum absolute atomic E-state index is 13.4. The van der Waals surface area contributed by atoms with Crippen LogP contribution in [0.1, 0.15) is 0 Å². The molecule has 5 rings (SSSR count). The summed E-state index contributed by atoms with van der Waals surface area (Å²) < 4.78 is 28.0. The van der Waals surface area contributed by atoms with E-state index in [1.165, 1.54) is 6.07 Å². The molecule has 0 bridgehead atoms. The van der Waals surface area contributed by atoms with Crippen molar-refractivity contribution in [3.05, 3.63) is 90.6 Å². The predicted octanol–water partition coefficient (Wildman–Crippen LogP) is 4.78. The van der Waals surface area contributed by atoms with Crippen molar-refractivity contribution in [1.82, 2.24) is 24.8 Å². The van der Waals surface area contributed by atoms with Crippen LogP contribution in [0.15, 0.2) is 79.0 Å². The van der Waals surface area contributed by atoms with Crippen molar-refractivity contribution in [3.63, 3.8) is 0 Å². The number of urea groups is 1. The number of halogens is 2. The zero-order chi connectivity index (χ0) is 22.8. The van der Waals surface area contributed by atoms with Gasteiger partial charge in [-0.2, -0.15) is 9.61 Å². The van der Waals surface area contributed by atoms with Crippen LogP contribution in [0.3, 0.4) is 0 Å². The number of pyridine rings is 1. The zero-order valence-corrected chi connectivity index (χ0v) is 16.9. The van der Waals surface area contributed by atoms with Crippen molar-refractivity contribution in [2.75, 3.05) is 10.6 Å². The molecule has 0 radical (unpaired) electrons. The average Bonchev–Trinajstić information content (AvgIpc) is 3.25. The summed E-state index contributed by atoms with van der Waals surface area (Å²) in [7, 11) is 0. The highest BCUT2D eigenvalue weighted by molar-refractivity contribution is 6.00. The van der Waals surface area contributed by atoms with Crippen LogP contribution in [0.25, 0.3) is 28.4 Å². The Kier molecular flexibility index (Phi) is 5.15. The normalized spacial score (nSPS) is 10.8. The lowest BCUT2D eigenvalue weighted by atomic mass is 10.1. The van der Waals surface area contributed by atoms with E-state index in [1.807, 2.05) is 24.3 Å². The maximum Gasteiger partial charge on any atom is 0.323 e. The number of nitrogens with zero attached hydrogens (tertiary/aromatic N) is 5. The van der Waals surface area contributed by atoms with Crippen molar-refractivity contribution < 1.29 is 13.6 Å². The summed E-state index contributed by atoms with van der Waals surface area (Å²) in [4.78, 5) is 16.6.